The van der Waals surface area contributed by atoms with Crippen molar-refractivity contribution in [2.45, 2.75) is 32.7 Å². The molecule has 0 aromatic carbocycles. The Hall–Kier alpha value is -1.36. The lowest BCUT2D eigenvalue weighted by Crippen LogP contribution is -2.50. The van der Waals surface area contributed by atoms with Crippen molar-refractivity contribution >= 4 is 5.91 Å². The molecule has 0 spiro atoms. The van der Waals surface area contributed by atoms with Crippen LogP contribution in [0.25, 0.3) is 0 Å². The standard InChI is InChI=1S/C13H22N4O/c1-3-13(5-4-6-14-10-13)12(18)16-9-11-15-7-8-17(11)2/h7-8,14H,3-6,9-10H2,1-2H3,(H,16,18). The maximum atomic E-state index is 12.4. The first-order valence-electron chi connectivity index (χ1n) is 6.63. The minimum atomic E-state index is -0.233. The van der Waals surface area contributed by atoms with Crippen molar-refractivity contribution in [3.63, 3.8) is 0 Å². The van der Waals surface area contributed by atoms with E-state index in [9.17, 15) is 4.79 Å². The highest BCUT2D eigenvalue weighted by atomic mass is 16.2. The summed E-state index contributed by atoms with van der Waals surface area (Å²) in [7, 11) is 1.94. The Bertz CT molecular complexity index is 407. The van der Waals surface area contributed by atoms with Crippen LogP contribution >= 0.6 is 0 Å². The third-order valence-electron chi connectivity index (χ3n) is 3.96. The van der Waals surface area contributed by atoms with Crippen molar-refractivity contribution in [3.05, 3.63) is 18.2 Å². The van der Waals surface area contributed by atoms with Crippen molar-refractivity contribution in [1.29, 1.82) is 0 Å². The Morgan fingerprint density at radius 3 is 3.06 bits per heavy atom. The van der Waals surface area contributed by atoms with Crippen molar-refractivity contribution in [3.8, 4) is 0 Å². The molecule has 1 aromatic rings. The summed E-state index contributed by atoms with van der Waals surface area (Å²) in [6.45, 7) is 4.40. The van der Waals surface area contributed by atoms with Gasteiger partial charge < -0.3 is 15.2 Å². The smallest absolute Gasteiger partial charge is 0.227 e. The topological polar surface area (TPSA) is 59.0 Å². The van der Waals surface area contributed by atoms with Gasteiger partial charge in [0.2, 0.25) is 5.91 Å². The molecule has 2 rings (SSSR count). The van der Waals surface area contributed by atoms with E-state index in [1.165, 1.54) is 0 Å². The number of rotatable bonds is 4. The summed E-state index contributed by atoms with van der Waals surface area (Å²) in [5.41, 5.74) is -0.233. The van der Waals surface area contributed by atoms with Gasteiger partial charge in [-0.05, 0) is 25.8 Å². The fourth-order valence-electron chi connectivity index (χ4n) is 2.54. The van der Waals surface area contributed by atoms with Gasteiger partial charge in [-0.3, -0.25) is 4.79 Å². The summed E-state index contributed by atoms with van der Waals surface area (Å²) in [6.07, 6.45) is 6.57. The lowest BCUT2D eigenvalue weighted by molar-refractivity contribution is -0.132. The summed E-state index contributed by atoms with van der Waals surface area (Å²) in [6, 6.07) is 0. The molecule has 0 aliphatic carbocycles. The molecule has 2 N–H and O–H groups in total. The molecule has 1 saturated heterocycles. The van der Waals surface area contributed by atoms with Crippen molar-refractivity contribution in [2.75, 3.05) is 13.1 Å². The highest BCUT2D eigenvalue weighted by molar-refractivity contribution is 5.82. The molecule has 0 radical (unpaired) electrons. The van der Waals surface area contributed by atoms with E-state index in [4.69, 9.17) is 0 Å². The van der Waals surface area contributed by atoms with Gasteiger partial charge in [0.25, 0.3) is 0 Å². The second-order valence-electron chi connectivity index (χ2n) is 5.05. The Kier molecular flexibility index (Phi) is 4.01. The van der Waals surface area contributed by atoms with Gasteiger partial charge >= 0.3 is 0 Å². The minimum absolute atomic E-state index is 0.153. The van der Waals surface area contributed by atoms with E-state index >= 15 is 0 Å². The number of hydrogen-bond donors (Lipinski definition) is 2. The Morgan fingerprint density at radius 1 is 1.67 bits per heavy atom. The van der Waals surface area contributed by atoms with Crippen LogP contribution in [0.15, 0.2) is 12.4 Å². The molecule has 1 fully saturated rings. The van der Waals surface area contributed by atoms with Gasteiger partial charge in [-0.15, -0.1) is 0 Å². The van der Waals surface area contributed by atoms with Crippen molar-refractivity contribution < 1.29 is 4.79 Å². The number of carbonyl (C=O) groups excluding carboxylic acids is 1. The third kappa shape index (κ3) is 2.56. The predicted octanol–water partition coefficient (Wildman–Crippen LogP) is 0.816. The first-order valence-corrected chi connectivity index (χ1v) is 6.63. The predicted molar refractivity (Wildman–Crippen MR) is 69.9 cm³/mol. The molecule has 0 bridgehead atoms. The number of aromatic nitrogens is 2. The van der Waals surface area contributed by atoms with E-state index in [2.05, 4.69) is 22.5 Å². The van der Waals surface area contributed by atoms with Gasteiger partial charge in [-0.25, -0.2) is 4.98 Å². The number of nitrogens with one attached hydrogen (secondary N) is 2. The third-order valence-corrected chi connectivity index (χ3v) is 3.96. The normalized spacial score (nSPS) is 23.9. The molecular formula is C13H22N4O. The average molecular weight is 250 g/mol. The number of aryl methyl sites for hydroxylation is 1. The number of piperidine rings is 1. The molecule has 18 heavy (non-hydrogen) atoms. The molecule has 1 aliphatic heterocycles. The number of hydrogen-bond acceptors (Lipinski definition) is 3. The van der Waals surface area contributed by atoms with Crippen molar-refractivity contribution in [2.24, 2.45) is 12.5 Å². The molecule has 1 unspecified atom stereocenters. The van der Waals surface area contributed by atoms with Crippen LogP contribution in [0.1, 0.15) is 32.0 Å². The number of amides is 1. The zero-order valence-corrected chi connectivity index (χ0v) is 11.2. The Balaban J connectivity index is 1.96. The highest BCUT2D eigenvalue weighted by Gasteiger charge is 2.37. The van der Waals surface area contributed by atoms with Crippen LogP contribution in [0.2, 0.25) is 0 Å². The fourth-order valence-corrected chi connectivity index (χ4v) is 2.54. The largest absolute Gasteiger partial charge is 0.348 e. The van der Waals surface area contributed by atoms with E-state index in [0.717, 1.165) is 38.2 Å². The van der Waals surface area contributed by atoms with Gasteiger partial charge in [-0.1, -0.05) is 6.92 Å². The second-order valence-corrected chi connectivity index (χ2v) is 5.05. The van der Waals surface area contributed by atoms with E-state index < -0.39 is 0 Å². The van der Waals surface area contributed by atoms with Gasteiger partial charge in [-0.2, -0.15) is 0 Å². The monoisotopic (exact) mass is 250 g/mol. The maximum absolute atomic E-state index is 12.4. The average Bonchev–Trinajstić information content (AvgIpc) is 2.82. The van der Waals surface area contributed by atoms with Crippen LogP contribution in [0.4, 0.5) is 0 Å². The zero-order valence-electron chi connectivity index (χ0n) is 11.2. The van der Waals surface area contributed by atoms with E-state index in [1.807, 2.05) is 17.8 Å². The number of nitrogens with zero attached hydrogens (tertiary/aromatic N) is 2. The summed E-state index contributed by atoms with van der Waals surface area (Å²) in [4.78, 5) is 16.6. The first-order chi connectivity index (χ1) is 8.68. The van der Waals surface area contributed by atoms with Gasteiger partial charge in [0.15, 0.2) is 0 Å². The summed E-state index contributed by atoms with van der Waals surface area (Å²) < 4.78 is 1.93. The quantitative estimate of drug-likeness (QED) is 0.831. The lowest BCUT2D eigenvalue weighted by Gasteiger charge is -2.35. The highest BCUT2D eigenvalue weighted by Crippen LogP contribution is 2.30. The van der Waals surface area contributed by atoms with E-state index in [-0.39, 0.29) is 11.3 Å². The molecule has 1 aliphatic rings. The SMILES string of the molecule is CCC1(C(=O)NCc2nccn2C)CCCNC1. The molecule has 2 heterocycles. The van der Waals surface area contributed by atoms with E-state index in [1.54, 1.807) is 6.20 Å². The summed E-state index contributed by atoms with van der Waals surface area (Å²) >= 11 is 0. The zero-order chi connectivity index (χ0) is 13.0. The fraction of sp³-hybridized carbons (Fsp3) is 0.692. The summed E-state index contributed by atoms with van der Waals surface area (Å²) in [5, 5.41) is 6.36. The minimum Gasteiger partial charge on any atom is -0.348 e. The van der Waals surface area contributed by atoms with Crippen LogP contribution in [0.3, 0.4) is 0 Å². The molecule has 1 amide bonds. The number of carbonyl (C=O) groups is 1. The Labute approximate surface area is 108 Å². The van der Waals surface area contributed by atoms with Gasteiger partial charge in [0.05, 0.1) is 12.0 Å². The molecule has 5 nitrogen and oxygen atoms in total. The van der Waals surface area contributed by atoms with Gasteiger partial charge in [0, 0.05) is 26.0 Å². The molecular weight excluding hydrogens is 228 g/mol. The lowest BCUT2D eigenvalue weighted by atomic mass is 9.77. The number of imidazole rings is 1. The van der Waals surface area contributed by atoms with Crippen LogP contribution in [-0.2, 0) is 18.4 Å². The van der Waals surface area contributed by atoms with Crippen LogP contribution < -0.4 is 10.6 Å². The maximum Gasteiger partial charge on any atom is 0.227 e. The van der Waals surface area contributed by atoms with Crippen molar-refractivity contribution in [1.82, 2.24) is 20.2 Å². The van der Waals surface area contributed by atoms with E-state index in [0.29, 0.717) is 6.54 Å². The Morgan fingerprint density at radius 2 is 2.50 bits per heavy atom. The molecule has 5 heteroatoms. The van der Waals surface area contributed by atoms with Crippen LogP contribution in [-0.4, -0.2) is 28.5 Å². The molecule has 100 valence electrons. The summed E-state index contributed by atoms with van der Waals surface area (Å²) in [5.74, 6) is 1.04. The van der Waals surface area contributed by atoms with Crippen LogP contribution in [0, 0.1) is 5.41 Å². The molecule has 1 aromatic heterocycles. The molecule has 1 atom stereocenters. The van der Waals surface area contributed by atoms with Gasteiger partial charge in [0.1, 0.15) is 5.82 Å². The van der Waals surface area contributed by atoms with Crippen LogP contribution in [0.5, 0.6) is 0 Å². The second kappa shape index (κ2) is 5.52. The molecule has 0 saturated carbocycles. The first kappa shape index (κ1) is 13.1.